The Hall–Kier alpha value is -1.21. The number of ether oxygens (including phenoxy) is 1. The van der Waals surface area contributed by atoms with E-state index < -0.39 is 0 Å². The molecule has 3 rings (SSSR count). The fraction of sp³-hybridized carbons (Fsp3) is 0.421. The SMILES string of the molecule is COc1cc([C@@H](C)NC2CCC(c3ccc(I)nc3)C2)ccc1F. The van der Waals surface area contributed by atoms with Crippen molar-refractivity contribution < 1.29 is 9.13 Å². The van der Waals surface area contributed by atoms with Crippen LogP contribution in [0.15, 0.2) is 36.5 Å². The van der Waals surface area contributed by atoms with Gasteiger partial charge in [0.2, 0.25) is 0 Å². The van der Waals surface area contributed by atoms with Crippen LogP contribution < -0.4 is 10.1 Å². The molecule has 2 aromatic rings. The fourth-order valence-corrected chi connectivity index (χ4v) is 3.78. The van der Waals surface area contributed by atoms with Crippen molar-refractivity contribution in [1.82, 2.24) is 10.3 Å². The zero-order valence-corrected chi connectivity index (χ0v) is 16.1. The van der Waals surface area contributed by atoms with Crippen LogP contribution in [0.1, 0.15) is 49.3 Å². The first kappa shape index (κ1) is 17.6. The van der Waals surface area contributed by atoms with Crippen LogP contribution in [0.3, 0.4) is 0 Å². The molecule has 0 bridgehead atoms. The summed E-state index contributed by atoms with van der Waals surface area (Å²) < 4.78 is 19.7. The van der Waals surface area contributed by atoms with Gasteiger partial charge < -0.3 is 10.1 Å². The van der Waals surface area contributed by atoms with E-state index in [1.54, 1.807) is 6.07 Å². The lowest BCUT2D eigenvalue weighted by atomic mass is 9.99. The predicted octanol–water partition coefficient (Wildman–Crippen LogP) is 4.82. The molecule has 5 heteroatoms. The van der Waals surface area contributed by atoms with E-state index in [1.165, 1.54) is 25.2 Å². The van der Waals surface area contributed by atoms with Gasteiger partial charge in [0.25, 0.3) is 0 Å². The van der Waals surface area contributed by atoms with Crippen LogP contribution in [0.2, 0.25) is 0 Å². The van der Waals surface area contributed by atoms with E-state index in [2.05, 4.69) is 51.9 Å². The highest BCUT2D eigenvalue weighted by Gasteiger charge is 2.27. The normalized spacial score (nSPS) is 21.7. The van der Waals surface area contributed by atoms with Gasteiger partial charge in [-0.1, -0.05) is 12.1 Å². The molecule has 0 amide bonds. The van der Waals surface area contributed by atoms with Crippen molar-refractivity contribution in [3.05, 3.63) is 57.2 Å². The van der Waals surface area contributed by atoms with Crippen LogP contribution in [0.25, 0.3) is 0 Å². The molecule has 1 saturated carbocycles. The Kier molecular flexibility index (Phi) is 5.71. The number of nitrogens with zero attached hydrogens (tertiary/aromatic N) is 1. The van der Waals surface area contributed by atoms with Crippen LogP contribution in [0.5, 0.6) is 5.75 Å². The van der Waals surface area contributed by atoms with Gasteiger partial charge in [-0.05, 0) is 84.0 Å². The molecule has 1 heterocycles. The van der Waals surface area contributed by atoms with E-state index in [9.17, 15) is 4.39 Å². The molecular formula is C19H22FIN2O. The highest BCUT2D eigenvalue weighted by molar-refractivity contribution is 14.1. The molecule has 24 heavy (non-hydrogen) atoms. The smallest absolute Gasteiger partial charge is 0.165 e. The van der Waals surface area contributed by atoms with Gasteiger partial charge in [0, 0.05) is 18.3 Å². The van der Waals surface area contributed by atoms with Gasteiger partial charge in [-0.25, -0.2) is 4.39 Å². The second-order valence-corrected chi connectivity index (χ2v) is 7.51. The highest BCUT2D eigenvalue weighted by atomic mass is 127. The van der Waals surface area contributed by atoms with E-state index in [0.717, 1.165) is 22.1 Å². The number of pyridine rings is 1. The Balaban J connectivity index is 1.61. The van der Waals surface area contributed by atoms with Crippen molar-refractivity contribution in [3.8, 4) is 5.75 Å². The van der Waals surface area contributed by atoms with Gasteiger partial charge in [-0.2, -0.15) is 0 Å². The van der Waals surface area contributed by atoms with Crippen LogP contribution in [-0.4, -0.2) is 18.1 Å². The number of methoxy groups -OCH3 is 1. The summed E-state index contributed by atoms with van der Waals surface area (Å²) in [5.74, 6) is 0.554. The molecule has 0 radical (unpaired) electrons. The number of halogens is 2. The molecule has 3 nitrogen and oxygen atoms in total. The molecule has 3 atom stereocenters. The van der Waals surface area contributed by atoms with Crippen molar-refractivity contribution in [2.75, 3.05) is 7.11 Å². The third-order valence-corrected chi connectivity index (χ3v) is 5.45. The van der Waals surface area contributed by atoms with Crippen molar-refractivity contribution in [1.29, 1.82) is 0 Å². The maximum atomic E-state index is 13.6. The first-order chi connectivity index (χ1) is 11.6. The standard InChI is InChI=1S/C19H22FIN2O/c1-12(13-4-7-17(20)18(10-13)24-2)23-16-6-3-14(9-16)15-5-8-19(21)22-11-15/h4-5,7-8,10-12,14,16,23H,3,6,9H2,1-2H3/t12-,14?,16?/m1/s1. The molecule has 1 N–H and O–H groups in total. The molecule has 1 aromatic heterocycles. The summed E-state index contributed by atoms with van der Waals surface area (Å²) in [6.45, 7) is 2.12. The zero-order chi connectivity index (χ0) is 17.1. The molecular weight excluding hydrogens is 418 g/mol. The summed E-state index contributed by atoms with van der Waals surface area (Å²) >= 11 is 2.23. The van der Waals surface area contributed by atoms with E-state index >= 15 is 0 Å². The third-order valence-electron chi connectivity index (χ3n) is 4.82. The Morgan fingerprint density at radius 3 is 2.83 bits per heavy atom. The number of hydrogen-bond acceptors (Lipinski definition) is 3. The second kappa shape index (κ2) is 7.78. The van der Waals surface area contributed by atoms with Crippen molar-refractivity contribution in [3.63, 3.8) is 0 Å². The quantitative estimate of drug-likeness (QED) is 0.535. The number of benzene rings is 1. The molecule has 0 saturated heterocycles. The average molecular weight is 440 g/mol. The molecule has 1 aliphatic carbocycles. The summed E-state index contributed by atoms with van der Waals surface area (Å²) in [7, 11) is 1.50. The minimum absolute atomic E-state index is 0.165. The third kappa shape index (κ3) is 4.06. The summed E-state index contributed by atoms with van der Waals surface area (Å²) in [6, 6.07) is 9.98. The van der Waals surface area contributed by atoms with E-state index in [4.69, 9.17) is 4.74 Å². The van der Waals surface area contributed by atoms with E-state index in [-0.39, 0.29) is 11.9 Å². The lowest BCUT2D eigenvalue weighted by Crippen LogP contribution is -2.29. The molecule has 0 spiro atoms. The van der Waals surface area contributed by atoms with E-state index in [1.807, 2.05) is 12.3 Å². The van der Waals surface area contributed by atoms with Crippen molar-refractivity contribution >= 4 is 22.6 Å². The Morgan fingerprint density at radius 1 is 1.29 bits per heavy atom. The van der Waals surface area contributed by atoms with Gasteiger partial charge in [-0.3, -0.25) is 4.98 Å². The fourth-order valence-electron chi connectivity index (χ4n) is 3.46. The van der Waals surface area contributed by atoms with Crippen LogP contribution in [-0.2, 0) is 0 Å². The summed E-state index contributed by atoms with van der Waals surface area (Å²) in [6.07, 6.45) is 5.45. The van der Waals surface area contributed by atoms with Crippen LogP contribution in [0, 0.1) is 9.52 Å². The molecule has 0 aliphatic heterocycles. The number of aromatic nitrogens is 1. The summed E-state index contributed by atoms with van der Waals surface area (Å²) in [5.41, 5.74) is 2.38. The molecule has 1 fully saturated rings. The van der Waals surface area contributed by atoms with E-state index in [0.29, 0.717) is 17.7 Å². The number of nitrogens with one attached hydrogen (secondary N) is 1. The highest BCUT2D eigenvalue weighted by Crippen LogP contribution is 2.35. The van der Waals surface area contributed by atoms with Gasteiger partial charge in [-0.15, -0.1) is 0 Å². The van der Waals surface area contributed by atoms with Gasteiger partial charge in [0.1, 0.15) is 3.70 Å². The second-order valence-electron chi connectivity index (χ2n) is 6.40. The maximum Gasteiger partial charge on any atom is 0.165 e. The summed E-state index contributed by atoms with van der Waals surface area (Å²) in [5, 5.41) is 3.68. The predicted molar refractivity (Wildman–Crippen MR) is 102 cm³/mol. The first-order valence-corrected chi connectivity index (χ1v) is 9.35. The minimum Gasteiger partial charge on any atom is -0.494 e. The summed E-state index contributed by atoms with van der Waals surface area (Å²) in [4.78, 5) is 4.40. The van der Waals surface area contributed by atoms with Gasteiger partial charge >= 0.3 is 0 Å². The number of hydrogen-bond donors (Lipinski definition) is 1. The van der Waals surface area contributed by atoms with Crippen molar-refractivity contribution in [2.45, 2.75) is 44.2 Å². The Labute approximate surface area is 156 Å². The molecule has 1 aromatic carbocycles. The van der Waals surface area contributed by atoms with Gasteiger partial charge in [0.15, 0.2) is 11.6 Å². The number of rotatable bonds is 5. The molecule has 128 valence electrons. The van der Waals surface area contributed by atoms with Crippen LogP contribution >= 0.6 is 22.6 Å². The molecule has 2 unspecified atom stereocenters. The Bertz CT molecular complexity index is 692. The van der Waals surface area contributed by atoms with Crippen molar-refractivity contribution in [2.24, 2.45) is 0 Å². The Morgan fingerprint density at radius 2 is 2.12 bits per heavy atom. The largest absolute Gasteiger partial charge is 0.494 e. The minimum atomic E-state index is -0.319. The lowest BCUT2D eigenvalue weighted by Gasteiger charge is -2.21. The monoisotopic (exact) mass is 440 g/mol. The molecule has 1 aliphatic rings. The van der Waals surface area contributed by atoms with Crippen LogP contribution in [0.4, 0.5) is 4.39 Å². The van der Waals surface area contributed by atoms with Gasteiger partial charge in [0.05, 0.1) is 7.11 Å². The topological polar surface area (TPSA) is 34.1 Å². The first-order valence-electron chi connectivity index (χ1n) is 8.27. The lowest BCUT2D eigenvalue weighted by molar-refractivity contribution is 0.384. The maximum absolute atomic E-state index is 13.6. The average Bonchev–Trinajstić information content (AvgIpc) is 3.04. The zero-order valence-electron chi connectivity index (χ0n) is 13.9.